The second kappa shape index (κ2) is 3.66. The van der Waals surface area contributed by atoms with Gasteiger partial charge in [0.25, 0.3) is 0 Å². The van der Waals surface area contributed by atoms with Crippen molar-refractivity contribution in [1.82, 2.24) is 4.90 Å². The zero-order valence-corrected chi connectivity index (χ0v) is 11.7. The maximum absolute atomic E-state index is 2.51. The maximum Gasteiger partial charge on any atom is 0.112 e. The Kier molecular flexibility index (Phi) is 2.15. The summed E-state index contributed by atoms with van der Waals surface area (Å²) in [5.41, 5.74) is 4.43. The summed E-state index contributed by atoms with van der Waals surface area (Å²) in [5, 5.41) is 0. The van der Waals surface area contributed by atoms with E-state index in [1.165, 1.54) is 11.3 Å². The number of anilines is 1. The molecular weight excluding hydrogens is 232 g/mol. The third kappa shape index (κ3) is 1.32. The van der Waals surface area contributed by atoms with Gasteiger partial charge in [-0.1, -0.05) is 36.8 Å². The van der Waals surface area contributed by atoms with Gasteiger partial charge in [0.05, 0.1) is 0 Å². The number of allylic oxidation sites excluding steroid dienone is 1. The van der Waals surface area contributed by atoms with Gasteiger partial charge in [-0.2, -0.15) is 0 Å². The summed E-state index contributed by atoms with van der Waals surface area (Å²) in [4.78, 5) is 4.81. The fraction of sp³-hybridized carbons (Fsp3) is 0.412. The van der Waals surface area contributed by atoms with Gasteiger partial charge in [0.15, 0.2) is 0 Å². The minimum Gasteiger partial charge on any atom is -0.358 e. The molecule has 2 heterocycles. The molecule has 19 heavy (non-hydrogen) atoms. The normalized spacial score (nSPS) is 35.0. The minimum atomic E-state index is 0.443. The lowest BCUT2D eigenvalue weighted by molar-refractivity contribution is 0.245. The predicted octanol–water partition coefficient (Wildman–Crippen LogP) is 3.55. The first-order valence-electron chi connectivity index (χ1n) is 7.14. The van der Waals surface area contributed by atoms with Crippen molar-refractivity contribution in [1.29, 1.82) is 0 Å². The Morgan fingerprint density at radius 3 is 2.74 bits per heavy atom. The van der Waals surface area contributed by atoms with E-state index >= 15 is 0 Å². The fourth-order valence-electron chi connectivity index (χ4n) is 4.30. The molecule has 0 radical (unpaired) electrons. The van der Waals surface area contributed by atoms with Crippen LogP contribution in [0.25, 0.3) is 0 Å². The van der Waals surface area contributed by atoms with Crippen LogP contribution in [0, 0.1) is 11.8 Å². The lowest BCUT2D eigenvalue weighted by Crippen LogP contribution is -2.42. The van der Waals surface area contributed by atoms with Crippen molar-refractivity contribution < 1.29 is 0 Å². The van der Waals surface area contributed by atoms with Crippen molar-refractivity contribution in [2.75, 3.05) is 11.9 Å². The van der Waals surface area contributed by atoms with Crippen LogP contribution in [-0.4, -0.2) is 18.1 Å². The van der Waals surface area contributed by atoms with E-state index in [0.29, 0.717) is 23.9 Å². The molecule has 4 unspecified atom stereocenters. The molecule has 0 amide bonds. The van der Waals surface area contributed by atoms with E-state index in [1.807, 2.05) is 0 Å². The van der Waals surface area contributed by atoms with Crippen LogP contribution in [0.5, 0.6) is 0 Å². The highest BCUT2D eigenvalue weighted by molar-refractivity contribution is 5.63. The maximum atomic E-state index is 2.51. The Labute approximate surface area is 115 Å². The molecule has 2 aliphatic heterocycles. The third-order valence-electron chi connectivity index (χ3n) is 5.14. The molecule has 4 rings (SSSR count). The van der Waals surface area contributed by atoms with Crippen molar-refractivity contribution >= 4 is 5.69 Å². The molecule has 98 valence electrons. The largest absolute Gasteiger partial charge is 0.358 e. The summed E-state index contributed by atoms with van der Waals surface area (Å²) >= 11 is 0. The van der Waals surface area contributed by atoms with Crippen molar-refractivity contribution in [2.45, 2.75) is 25.9 Å². The number of para-hydroxylation sites is 1. The molecule has 2 nitrogen and oxygen atoms in total. The van der Waals surface area contributed by atoms with Gasteiger partial charge in [0.1, 0.15) is 6.17 Å². The van der Waals surface area contributed by atoms with Crippen LogP contribution in [0.1, 0.15) is 25.3 Å². The average Bonchev–Trinajstić information content (AvgIpc) is 2.86. The van der Waals surface area contributed by atoms with Crippen LogP contribution in [-0.2, 0) is 0 Å². The number of hydrogen-bond donors (Lipinski definition) is 0. The van der Waals surface area contributed by atoms with Crippen molar-refractivity contribution in [3.8, 4) is 0 Å². The Balaban J connectivity index is 1.97. The minimum absolute atomic E-state index is 0.443. The quantitative estimate of drug-likeness (QED) is 0.652. The number of nitrogens with zero attached hydrogens (tertiary/aromatic N) is 2. The van der Waals surface area contributed by atoms with Crippen LogP contribution in [0.15, 0.2) is 48.3 Å². The van der Waals surface area contributed by atoms with E-state index in [4.69, 9.17) is 0 Å². The zero-order chi connectivity index (χ0) is 13.1. The lowest BCUT2D eigenvalue weighted by Gasteiger charge is -2.35. The monoisotopic (exact) mass is 252 g/mol. The molecule has 0 N–H and O–H groups in total. The van der Waals surface area contributed by atoms with Gasteiger partial charge >= 0.3 is 0 Å². The van der Waals surface area contributed by atoms with Gasteiger partial charge in [0.2, 0.25) is 0 Å². The van der Waals surface area contributed by atoms with Gasteiger partial charge in [-0.25, -0.2) is 0 Å². The fourth-order valence-corrected chi connectivity index (χ4v) is 4.30. The SMILES string of the molecule is CC1=CC2C(C)C1c1ccccc1N1C=CN(C)C21. The van der Waals surface area contributed by atoms with Gasteiger partial charge in [-0.3, -0.25) is 0 Å². The predicted molar refractivity (Wildman–Crippen MR) is 78.8 cm³/mol. The topological polar surface area (TPSA) is 6.48 Å². The second-order valence-electron chi connectivity index (χ2n) is 6.17. The second-order valence-corrected chi connectivity index (χ2v) is 6.17. The summed E-state index contributed by atoms with van der Waals surface area (Å²) in [6.45, 7) is 4.71. The van der Waals surface area contributed by atoms with Crippen LogP contribution in [0.3, 0.4) is 0 Å². The Morgan fingerprint density at radius 2 is 1.89 bits per heavy atom. The summed E-state index contributed by atoms with van der Waals surface area (Å²) in [6, 6.07) is 8.91. The molecule has 1 aromatic rings. The molecular formula is C17H20N2. The molecule has 4 atom stereocenters. The zero-order valence-electron chi connectivity index (χ0n) is 11.7. The molecule has 0 saturated carbocycles. The highest BCUT2D eigenvalue weighted by atomic mass is 15.4. The molecule has 1 aliphatic carbocycles. The molecule has 1 aromatic carbocycles. The number of fused-ring (bicyclic) bond motifs is 7. The lowest BCUT2D eigenvalue weighted by atomic mass is 9.83. The van der Waals surface area contributed by atoms with E-state index in [1.54, 1.807) is 5.57 Å². The molecule has 3 aliphatic rings. The van der Waals surface area contributed by atoms with Crippen molar-refractivity contribution in [3.05, 3.63) is 53.9 Å². The van der Waals surface area contributed by atoms with Crippen molar-refractivity contribution in [2.24, 2.45) is 11.8 Å². The van der Waals surface area contributed by atoms with Gasteiger partial charge in [-0.05, 0) is 24.5 Å². The molecule has 2 heteroatoms. The molecule has 0 spiro atoms. The van der Waals surface area contributed by atoms with Crippen LogP contribution < -0.4 is 4.90 Å². The molecule has 0 aromatic heterocycles. The summed E-state index contributed by atoms with van der Waals surface area (Å²) in [7, 11) is 2.19. The van der Waals surface area contributed by atoms with E-state index in [2.05, 4.69) is 73.4 Å². The van der Waals surface area contributed by atoms with Crippen molar-refractivity contribution in [3.63, 3.8) is 0 Å². The summed E-state index contributed by atoms with van der Waals surface area (Å²) in [6.07, 6.45) is 7.39. The van der Waals surface area contributed by atoms with Crippen LogP contribution >= 0.6 is 0 Å². The highest BCUT2D eigenvalue weighted by Crippen LogP contribution is 2.52. The summed E-state index contributed by atoms with van der Waals surface area (Å²) < 4.78 is 0. The van der Waals surface area contributed by atoms with E-state index in [-0.39, 0.29) is 0 Å². The van der Waals surface area contributed by atoms with Gasteiger partial charge < -0.3 is 9.80 Å². The first-order chi connectivity index (χ1) is 9.18. The standard InChI is InChI=1S/C17H20N2/c1-11-10-14-12(2)16(11)13-6-4-5-7-15(13)19-9-8-18(3)17(14)19/h4-10,12,14,16-17H,1-3H3. The van der Waals surface area contributed by atoms with Gasteiger partial charge in [0, 0.05) is 37.0 Å². The van der Waals surface area contributed by atoms with E-state index < -0.39 is 0 Å². The third-order valence-corrected chi connectivity index (χ3v) is 5.14. The number of benzene rings is 1. The Hall–Kier alpha value is -1.70. The molecule has 0 saturated heterocycles. The van der Waals surface area contributed by atoms with Crippen LogP contribution in [0.2, 0.25) is 0 Å². The van der Waals surface area contributed by atoms with Crippen LogP contribution in [0.4, 0.5) is 5.69 Å². The van der Waals surface area contributed by atoms with Gasteiger partial charge in [-0.15, -0.1) is 0 Å². The highest BCUT2D eigenvalue weighted by Gasteiger charge is 2.46. The first kappa shape index (κ1) is 11.2. The Bertz CT molecular complexity index is 587. The molecule has 0 fully saturated rings. The number of hydrogen-bond acceptors (Lipinski definition) is 2. The Morgan fingerprint density at radius 1 is 1.11 bits per heavy atom. The smallest absolute Gasteiger partial charge is 0.112 e. The van der Waals surface area contributed by atoms with E-state index in [9.17, 15) is 0 Å². The summed E-state index contributed by atoms with van der Waals surface area (Å²) in [5.74, 6) is 1.88. The average molecular weight is 252 g/mol. The first-order valence-corrected chi connectivity index (χ1v) is 7.14. The molecule has 2 bridgehead atoms. The van der Waals surface area contributed by atoms with E-state index in [0.717, 1.165) is 0 Å². The number of rotatable bonds is 0.